The molecule has 5 nitrogen and oxygen atoms in total. The van der Waals surface area contributed by atoms with Gasteiger partial charge in [0, 0.05) is 16.6 Å². The normalized spacial score (nSPS) is 11.1. The SMILES string of the molecule is O=C(NCc1ccc(Cl)cc1Cl)c1ccccc1N(Cc1ccccc1)S(=O)(=O)c1ccccc1. The van der Waals surface area contributed by atoms with E-state index in [4.69, 9.17) is 23.2 Å². The highest BCUT2D eigenvalue weighted by Gasteiger charge is 2.28. The van der Waals surface area contributed by atoms with E-state index in [0.29, 0.717) is 15.6 Å². The molecule has 0 radical (unpaired) electrons. The van der Waals surface area contributed by atoms with E-state index in [0.717, 1.165) is 5.56 Å². The van der Waals surface area contributed by atoms with Crippen LogP contribution in [0, 0.1) is 0 Å². The van der Waals surface area contributed by atoms with E-state index in [1.165, 1.54) is 4.31 Å². The Morgan fingerprint density at radius 3 is 2.11 bits per heavy atom. The van der Waals surface area contributed by atoms with Gasteiger partial charge in [-0.15, -0.1) is 0 Å². The number of carbonyl (C=O) groups is 1. The van der Waals surface area contributed by atoms with Gasteiger partial charge in [0.05, 0.1) is 22.7 Å². The number of nitrogens with zero attached hydrogens (tertiary/aromatic N) is 1. The van der Waals surface area contributed by atoms with Gasteiger partial charge in [-0.25, -0.2) is 8.42 Å². The van der Waals surface area contributed by atoms with Crippen molar-refractivity contribution in [1.29, 1.82) is 0 Å². The minimum atomic E-state index is -3.97. The van der Waals surface area contributed by atoms with Crippen LogP contribution in [-0.4, -0.2) is 14.3 Å². The number of anilines is 1. The molecule has 0 atom stereocenters. The summed E-state index contributed by atoms with van der Waals surface area (Å²) in [7, 11) is -3.97. The van der Waals surface area contributed by atoms with Crippen molar-refractivity contribution in [2.24, 2.45) is 0 Å². The maximum Gasteiger partial charge on any atom is 0.264 e. The third-order valence-corrected chi connectivity index (χ3v) is 7.73. The third-order valence-electron chi connectivity index (χ3n) is 5.37. The topological polar surface area (TPSA) is 66.5 Å². The molecule has 4 rings (SSSR count). The van der Waals surface area contributed by atoms with Crippen LogP contribution >= 0.6 is 23.2 Å². The number of sulfonamides is 1. The van der Waals surface area contributed by atoms with E-state index in [1.54, 1.807) is 72.8 Å². The maximum atomic E-state index is 13.7. The molecule has 0 aromatic heterocycles. The Morgan fingerprint density at radius 1 is 0.800 bits per heavy atom. The van der Waals surface area contributed by atoms with Crippen LogP contribution in [0.3, 0.4) is 0 Å². The van der Waals surface area contributed by atoms with Crippen LogP contribution < -0.4 is 9.62 Å². The molecule has 1 amide bonds. The van der Waals surface area contributed by atoms with Gasteiger partial charge < -0.3 is 5.32 Å². The first-order valence-electron chi connectivity index (χ1n) is 10.8. The van der Waals surface area contributed by atoms with E-state index in [-0.39, 0.29) is 29.2 Å². The average Bonchev–Trinajstić information content (AvgIpc) is 2.87. The molecule has 4 aromatic rings. The lowest BCUT2D eigenvalue weighted by atomic mass is 10.1. The second kappa shape index (κ2) is 11.0. The molecule has 0 bridgehead atoms. The van der Waals surface area contributed by atoms with Crippen molar-refractivity contribution >= 4 is 44.8 Å². The summed E-state index contributed by atoms with van der Waals surface area (Å²) in [4.78, 5) is 13.4. The molecule has 0 fully saturated rings. The Labute approximate surface area is 215 Å². The Morgan fingerprint density at radius 2 is 1.43 bits per heavy atom. The summed E-state index contributed by atoms with van der Waals surface area (Å²) in [6.45, 7) is 0.221. The van der Waals surface area contributed by atoms with Crippen molar-refractivity contribution in [3.63, 3.8) is 0 Å². The van der Waals surface area contributed by atoms with Crippen molar-refractivity contribution in [2.75, 3.05) is 4.31 Å². The zero-order valence-corrected chi connectivity index (χ0v) is 20.9. The maximum absolute atomic E-state index is 13.7. The van der Waals surface area contributed by atoms with Crippen molar-refractivity contribution in [1.82, 2.24) is 5.32 Å². The Balaban J connectivity index is 1.71. The van der Waals surface area contributed by atoms with Crippen LogP contribution in [0.15, 0.2) is 108 Å². The fraction of sp³-hybridized carbons (Fsp3) is 0.0741. The molecule has 0 saturated carbocycles. The number of halogens is 2. The van der Waals surface area contributed by atoms with E-state index < -0.39 is 15.9 Å². The standard InChI is InChI=1S/C27H22Cl2N2O3S/c28-22-16-15-21(25(29)17-22)18-30-27(32)24-13-7-8-14-26(24)31(19-20-9-3-1-4-10-20)35(33,34)23-11-5-2-6-12-23/h1-17H,18-19H2,(H,30,32). The second-order valence-corrected chi connectivity index (χ2v) is 10.5. The summed E-state index contributed by atoms with van der Waals surface area (Å²) >= 11 is 12.2. The zero-order valence-electron chi connectivity index (χ0n) is 18.6. The Kier molecular flexibility index (Phi) is 7.76. The van der Waals surface area contributed by atoms with Crippen LogP contribution in [0.1, 0.15) is 21.5 Å². The van der Waals surface area contributed by atoms with E-state index in [2.05, 4.69) is 5.32 Å². The molecule has 0 aliphatic carbocycles. The lowest BCUT2D eigenvalue weighted by Gasteiger charge is -2.26. The number of hydrogen-bond acceptors (Lipinski definition) is 3. The lowest BCUT2D eigenvalue weighted by Crippen LogP contribution is -2.33. The highest BCUT2D eigenvalue weighted by molar-refractivity contribution is 7.92. The van der Waals surface area contributed by atoms with Crippen LogP contribution in [0.25, 0.3) is 0 Å². The minimum Gasteiger partial charge on any atom is -0.348 e. The molecule has 0 aliphatic heterocycles. The van der Waals surface area contributed by atoms with Crippen molar-refractivity contribution in [2.45, 2.75) is 18.0 Å². The van der Waals surface area contributed by atoms with Gasteiger partial charge in [0.2, 0.25) is 0 Å². The van der Waals surface area contributed by atoms with Crippen LogP contribution in [-0.2, 0) is 23.1 Å². The molecule has 35 heavy (non-hydrogen) atoms. The van der Waals surface area contributed by atoms with Gasteiger partial charge in [0.1, 0.15) is 0 Å². The van der Waals surface area contributed by atoms with Crippen LogP contribution in [0.5, 0.6) is 0 Å². The number of nitrogens with one attached hydrogen (secondary N) is 1. The zero-order chi connectivity index (χ0) is 24.8. The van der Waals surface area contributed by atoms with E-state index in [1.807, 2.05) is 30.3 Å². The average molecular weight is 525 g/mol. The molecule has 178 valence electrons. The highest BCUT2D eigenvalue weighted by atomic mass is 35.5. The van der Waals surface area contributed by atoms with Crippen molar-refractivity contribution < 1.29 is 13.2 Å². The lowest BCUT2D eigenvalue weighted by molar-refractivity contribution is 0.0951. The number of para-hydroxylation sites is 1. The monoisotopic (exact) mass is 524 g/mol. The number of hydrogen-bond donors (Lipinski definition) is 1. The van der Waals surface area contributed by atoms with Gasteiger partial charge in [0.25, 0.3) is 15.9 Å². The largest absolute Gasteiger partial charge is 0.348 e. The predicted octanol–water partition coefficient (Wildman–Crippen LogP) is 6.32. The number of rotatable bonds is 8. The summed E-state index contributed by atoms with van der Waals surface area (Å²) in [6.07, 6.45) is 0. The first kappa shape index (κ1) is 24.8. The van der Waals surface area contributed by atoms with Crippen LogP contribution in [0.2, 0.25) is 10.0 Å². The highest BCUT2D eigenvalue weighted by Crippen LogP contribution is 2.29. The second-order valence-electron chi connectivity index (χ2n) is 7.75. The molecule has 1 N–H and O–H groups in total. The quantitative estimate of drug-likeness (QED) is 0.293. The van der Waals surface area contributed by atoms with Gasteiger partial charge in [0.15, 0.2) is 0 Å². The smallest absolute Gasteiger partial charge is 0.264 e. The summed E-state index contributed by atoms with van der Waals surface area (Å²) in [5.41, 5.74) is 1.99. The molecule has 0 saturated heterocycles. The molecular weight excluding hydrogens is 503 g/mol. The third kappa shape index (κ3) is 5.85. The minimum absolute atomic E-state index is 0.0609. The molecule has 0 spiro atoms. The fourth-order valence-corrected chi connectivity index (χ4v) is 5.56. The molecule has 4 aromatic carbocycles. The van der Waals surface area contributed by atoms with Gasteiger partial charge in [-0.2, -0.15) is 0 Å². The molecule has 0 heterocycles. The first-order valence-corrected chi connectivity index (χ1v) is 13.0. The van der Waals surface area contributed by atoms with E-state index >= 15 is 0 Å². The molecule has 8 heteroatoms. The number of benzene rings is 4. The van der Waals surface area contributed by atoms with Crippen molar-refractivity contribution in [3.05, 3.63) is 130 Å². The Hall–Kier alpha value is -3.32. The number of carbonyl (C=O) groups excluding carboxylic acids is 1. The van der Waals surface area contributed by atoms with Gasteiger partial charge in [-0.3, -0.25) is 9.10 Å². The predicted molar refractivity (Wildman–Crippen MR) is 140 cm³/mol. The summed E-state index contributed by atoms with van der Waals surface area (Å²) < 4.78 is 28.7. The number of amides is 1. The summed E-state index contributed by atoms with van der Waals surface area (Å²) in [6, 6.07) is 29.1. The Bertz CT molecular complexity index is 1430. The molecule has 0 aliphatic rings. The summed E-state index contributed by atoms with van der Waals surface area (Å²) in [5, 5.41) is 3.77. The molecule has 0 unspecified atom stereocenters. The van der Waals surface area contributed by atoms with Gasteiger partial charge >= 0.3 is 0 Å². The van der Waals surface area contributed by atoms with Crippen LogP contribution in [0.4, 0.5) is 5.69 Å². The van der Waals surface area contributed by atoms with Gasteiger partial charge in [-0.1, -0.05) is 89.9 Å². The van der Waals surface area contributed by atoms with Gasteiger partial charge in [-0.05, 0) is 47.5 Å². The fourth-order valence-electron chi connectivity index (χ4n) is 3.59. The molecular formula is C27H22Cl2N2O3S. The van der Waals surface area contributed by atoms with E-state index in [9.17, 15) is 13.2 Å². The van der Waals surface area contributed by atoms with Crippen molar-refractivity contribution in [3.8, 4) is 0 Å². The first-order chi connectivity index (χ1) is 16.9. The summed E-state index contributed by atoms with van der Waals surface area (Å²) in [5.74, 6) is -0.423.